The Balaban J connectivity index is 1.48. The van der Waals surface area contributed by atoms with E-state index in [4.69, 9.17) is 4.74 Å². The largest absolute Gasteiger partial charge is 0.490 e. The van der Waals surface area contributed by atoms with E-state index in [2.05, 4.69) is 20.5 Å². The molecule has 2 aromatic carbocycles. The van der Waals surface area contributed by atoms with Gasteiger partial charge in [-0.3, -0.25) is 9.69 Å². The quantitative estimate of drug-likeness (QED) is 0.614. The van der Waals surface area contributed by atoms with Crippen LogP contribution < -0.4 is 20.3 Å². The minimum Gasteiger partial charge on any atom is -0.490 e. The fourth-order valence-electron chi connectivity index (χ4n) is 3.74. The van der Waals surface area contributed by atoms with Crippen molar-refractivity contribution in [1.82, 2.24) is 15.2 Å². The first-order valence-electron chi connectivity index (χ1n) is 10.7. The Hall–Kier alpha value is -3.16. The van der Waals surface area contributed by atoms with Crippen LogP contribution in [0.2, 0.25) is 0 Å². The SMILES string of the molecule is CN(C)c1cc(C(=O)Nc2ccccc2OCCN2CCNCC2)nc2ccccc12. The van der Waals surface area contributed by atoms with Crippen LogP contribution in [0.25, 0.3) is 10.9 Å². The van der Waals surface area contributed by atoms with Gasteiger partial charge in [0.2, 0.25) is 0 Å². The van der Waals surface area contributed by atoms with Crippen LogP contribution in [0.15, 0.2) is 54.6 Å². The Morgan fingerprint density at radius 3 is 2.68 bits per heavy atom. The van der Waals surface area contributed by atoms with E-state index in [1.54, 1.807) is 0 Å². The highest BCUT2D eigenvalue weighted by molar-refractivity contribution is 6.06. The molecule has 2 N–H and O–H groups in total. The Labute approximate surface area is 183 Å². The normalized spacial score (nSPS) is 14.4. The Morgan fingerprint density at radius 1 is 1.13 bits per heavy atom. The third kappa shape index (κ3) is 5.13. The van der Waals surface area contributed by atoms with Gasteiger partial charge in [0, 0.05) is 57.9 Å². The molecule has 1 amide bonds. The first kappa shape index (κ1) is 21.1. The molecule has 0 saturated carbocycles. The van der Waals surface area contributed by atoms with E-state index in [9.17, 15) is 4.79 Å². The summed E-state index contributed by atoms with van der Waals surface area (Å²) in [6, 6.07) is 17.2. The summed E-state index contributed by atoms with van der Waals surface area (Å²) < 4.78 is 6.00. The second kappa shape index (κ2) is 9.76. The van der Waals surface area contributed by atoms with Gasteiger partial charge in [-0.05, 0) is 24.3 Å². The molecule has 0 aliphatic carbocycles. The number of pyridine rings is 1. The number of ether oxygens (including phenoxy) is 1. The molecule has 4 rings (SSSR count). The first-order valence-corrected chi connectivity index (χ1v) is 10.7. The van der Waals surface area contributed by atoms with Gasteiger partial charge in [-0.25, -0.2) is 4.98 Å². The molecular weight excluding hydrogens is 390 g/mol. The molecule has 3 aromatic rings. The minimum absolute atomic E-state index is 0.257. The van der Waals surface area contributed by atoms with E-state index in [0.29, 0.717) is 23.7 Å². The third-order valence-electron chi connectivity index (χ3n) is 5.42. The van der Waals surface area contributed by atoms with Gasteiger partial charge in [-0.1, -0.05) is 30.3 Å². The number of benzene rings is 2. The van der Waals surface area contributed by atoms with E-state index >= 15 is 0 Å². The average molecular weight is 420 g/mol. The summed E-state index contributed by atoms with van der Waals surface area (Å²) in [6.07, 6.45) is 0. The molecule has 2 heterocycles. The second-order valence-electron chi connectivity index (χ2n) is 7.83. The summed E-state index contributed by atoms with van der Waals surface area (Å²) in [4.78, 5) is 22.0. The summed E-state index contributed by atoms with van der Waals surface area (Å²) in [5.74, 6) is 0.409. The van der Waals surface area contributed by atoms with Gasteiger partial charge < -0.3 is 20.3 Å². The molecule has 0 atom stereocenters. The lowest BCUT2D eigenvalue weighted by Crippen LogP contribution is -2.44. The molecule has 1 fully saturated rings. The maximum absolute atomic E-state index is 13.0. The molecular formula is C24H29N5O2. The lowest BCUT2D eigenvalue weighted by molar-refractivity contribution is 0.102. The minimum atomic E-state index is -0.257. The van der Waals surface area contributed by atoms with Crippen molar-refractivity contribution < 1.29 is 9.53 Å². The average Bonchev–Trinajstić information content (AvgIpc) is 2.80. The number of nitrogens with one attached hydrogen (secondary N) is 2. The lowest BCUT2D eigenvalue weighted by atomic mass is 10.1. The molecule has 1 aromatic heterocycles. The highest BCUT2D eigenvalue weighted by Gasteiger charge is 2.15. The number of rotatable bonds is 7. The number of anilines is 2. The number of fused-ring (bicyclic) bond motifs is 1. The van der Waals surface area contributed by atoms with Crippen molar-refractivity contribution in [2.75, 3.05) is 63.6 Å². The van der Waals surface area contributed by atoms with E-state index < -0.39 is 0 Å². The monoisotopic (exact) mass is 419 g/mol. The number of aromatic nitrogens is 1. The van der Waals surface area contributed by atoms with Gasteiger partial charge >= 0.3 is 0 Å². The number of carbonyl (C=O) groups is 1. The van der Waals surface area contributed by atoms with Crippen molar-refractivity contribution in [1.29, 1.82) is 0 Å². The van der Waals surface area contributed by atoms with Crippen LogP contribution in [0, 0.1) is 0 Å². The molecule has 1 aliphatic heterocycles. The highest BCUT2D eigenvalue weighted by Crippen LogP contribution is 2.27. The molecule has 1 aliphatic rings. The van der Waals surface area contributed by atoms with E-state index in [-0.39, 0.29) is 5.91 Å². The predicted octanol–water partition coefficient (Wildman–Crippen LogP) is 2.84. The fourth-order valence-corrected chi connectivity index (χ4v) is 3.74. The maximum Gasteiger partial charge on any atom is 0.274 e. The second-order valence-corrected chi connectivity index (χ2v) is 7.83. The molecule has 7 nitrogen and oxygen atoms in total. The molecule has 162 valence electrons. The predicted molar refractivity (Wildman–Crippen MR) is 125 cm³/mol. The molecule has 0 bridgehead atoms. The van der Waals surface area contributed by atoms with Gasteiger partial charge in [0.25, 0.3) is 5.91 Å². The maximum atomic E-state index is 13.0. The van der Waals surface area contributed by atoms with Crippen molar-refractivity contribution in [3.8, 4) is 5.75 Å². The van der Waals surface area contributed by atoms with Crippen LogP contribution in [-0.2, 0) is 0 Å². The van der Waals surface area contributed by atoms with Crippen molar-refractivity contribution in [2.45, 2.75) is 0 Å². The summed E-state index contributed by atoms with van der Waals surface area (Å²) >= 11 is 0. The summed E-state index contributed by atoms with van der Waals surface area (Å²) in [5, 5.41) is 7.34. The highest BCUT2D eigenvalue weighted by atomic mass is 16.5. The van der Waals surface area contributed by atoms with Crippen LogP contribution in [0.4, 0.5) is 11.4 Å². The molecule has 31 heavy (non-hydrogen) atoms. The van der Waals surface area contributed by atoms with Gasteiger partial charge in [0.05, 0.1) is 11.2 Å². The van der Waals surface area contributed by atoms with Crippen LogP contribution >= 0.6 is 0 Å². The smallest absolute Gasteiger partial charge is 0.274 e. The Bertz CT molecular complexity index is 1050. The first-order chi connectivity index (χ1) is 15.1. The number of para-hydroxylation sites is 3. The number of hydrogen-bond donors (Lipinski definition) is 2. The van der Waals surface area contributed by atoms with Crippen molar-refractivity contribution in [3.05, 3.63) is 60.3 Å². The number of hydrogen-bond acceptors (Lipinski definition) is 6. The van der Waals surface area contributed by atoms with Gasteiger partial charge in [-0.15, -0.1) is 0 Å². The zero-order valence-corrected chi connectivity index (χ0v) is 18.1. The summed E-state index contributed by atoms with van der Waals surface area (Å²) in [7, 11) is 3.93. The fraction of sp³-hybridized carbons (Fsp3) is 0.333. The Morgan fingerprint density at radius 2 is 1.87 bits per heavy atom. The lowest BCUT2D eigenvalue weighted by Gasteiger charge is -2.27. The van der Waals surface area contributed by atoms with Crippen molar-refractivity contribution >= 4 is 28.2 Å². The molecule has 0 spiro atoms. The van der Waals surface area contributed by atoms with E-state index in [1.165, 1.54) is 0 Å². The molecule has 7 heteroatoms. The summed E-state index contributed by atoms with van der Waals surface area (Å²) in [6.45, 7) is 5.53. The van der Waals surface area contributed by atoms with Crippen molar-refractivity contribution in [3.63, 3.8) is 0 Å². The number of nitrogens with zero attached hydrogens (tertiary/aromatic N) is 3. The van der Waals surface area contributed by atoms with Crippen LogP contribution in [-0.4, -0.2) is 69.2 Å². The zero-order valence-electron chi connectivity index (χ0n) is 18.1. The van der Waals surface area contributed by atoms with Gasteiger partial charge in [-0.2, -0.15) is 0 Å². The zero-order chi connectivity index (χ0) is 21.6. The third-order valence-corrected chi connectivity index (χ3v) is 5.42. The van der Waals surface area contributed by atoms with Crippen LogP contribution in [0.1, 0.15) is 10.5 Å². The van der Waals surface area contributed by atoms with Crippen molar-refractivity contribution in [2.24, 2.45) is 0 Å². The van der Waals surface area contributed by atoms with Gasteiger partial charge in [0.1, 0.15) is 18.1 Å². The molecule has 0 unspecified atom stereocenters. The van der Waals surface area contributed by atoms with Crippen LogP contribution in [0.3, 0.4) is 0 Å². The molecule has 0 radical (unpaired) electrons. The van der Waals surface area contributed by atoms with Crippen LogP contribution in [0.5, 0.6) is 5.75 Å². The summed E-state index contributed by atoms with van der Waals surface area (Å²) in [5.41, 5.74) is 2.77. The topological polar surface area (TPSA) is 69.7 Å². The number of amides is 1. The number of piperazine rings is 1. The molecule has 1 saturated heterocycles. The Kier molecular flexibility index (Phi) is 6.64. The standard InChI is InChI=1S/C24H29N5O2/c1-28(2)22-17-21(26-19-8-4-3-7-18(19)22)24(30)27-20-9-5-6-10-23(20)31-16-15-29-13-11-25-12-14-29/h3-10,17,25H,11-16H2,1-2H3,(H,27,30). The van der Waals surface area contributed by atoms with Gasteiger partial charge in [0.15, 0.2) is 0 Å². The van der Waals surface area contributed by atoms with E-state index in [0.717, 1.165) is 49.3 Å². The number of carbonyl (C=O) groups excluding carboxylic acids is 1. The van der Waals surface area contributed by atoms with E-state index in [1.807, 2.05) is 73.6 Å².